The summed E-state index contributed by atoms with van der Waals surface area (Å²) in [7, 11) is 0. The van der Waals surface area contributed by atoms with E-state index in [0.29, 0.717) is 0 Å². The SMILES string of the molecule is c1ccc(-c2ccc(N(c3ccccc3)c3cccc4c3sc3c(-c5ccc6c(c5)C5(c7ccccc7-6)c6ccccc6N(c6ccccc6)c6ccccc65)cccc34)cc2)cc1. The minimum atomic E-state index is -0.520. The highest BCUT2D eigenvalue weighted by Crippen LogP contribution is 2.64. The monoisotopic (exact) mass is 832 g/mol. The number of nitrogens with zero attached hydrogens (tertiary/aromatic N) is 2. The lowest BCUT2D eigenvalue weighted by molar-refractivity contribution is 0.753. The summed E-state index contributed by atoms with van der Waals surface area (Å²) in [4.78, 5) is 4.87. The molecular weight excluding hydrogens is 793 g/mol. The summed E-state index contributed by atoms with van der Waals surface area (Å²) in [6.45, 7) is 0. The number of thiophene rings is 1. The lowest BCUT2D eigenvalue weighted by Crippen LogP contribution is -2.36. The molecule has 1 aromatic heterocycles. The fraction of sp³-hybridized carbons (Fsp3) is 0.0164. The molecule has 0 bridgehead atoms. The molecule has 0 saturated carbocycles. The van der Waals surface area contributed by atoms with E-state index in [4.69, 9.17) is 0 Å². The fourth-order valence-electron chi connectivity index (χ4n) is 10.8. The summed E-state index contributed by atoms with van der Waals surface area (Å²) in [6, 6.07) is 89.4. The van der Waals surface area contributed by atoms with Gasteiger partial charge in [-0.2, -0.15) is 0 Å². The number of rotatable bonds is 6. The summed E-state index contributed by atoms with van der Waals surface area (Å²) >= 11 is 1.90. The minimum absolute atomic E-state index is 0.520. The van der Waals surface area contributed by atoms with Gasteiger partial charge in [0.15, 0.2) is 0 Å². The number of benzene rings is 10. The van der Waals surface area contributed by atoms with Crippen molar-refractivity contribution < 1.29 is 0 Å². The van der Waals surface area contributed by atoms with Gasteiger partial charge in [-0.25, -0.2) is 0 Å². The lowest BCUT2D eigenvalue weighted by Gasteiger charge is -2.45. The smallest absolute Gasteiger partial charge is 0.0754 e. The van der Waals surface area contributed by atoms with Crippen LogP contribution in [-0.2, 0) is 5.41 Å². The molecule has 0 N–H and O–H groups in total. The maximum absolute atomic E-state index is 2.52. The molecule has 3 heteroatoms. The normalized spacial score (nSPS) is 13.1. The molecule has 11 aromatic rings. The van der Waals surface area contributed by atoms with Crippen LogP contribution >= 0.6 is 11.3 Å². The van der Waals surface area contributed by atoms with E-state index in [9.17, 15) is 0 Å². The van der Waals surface area contributed by atoms with Crippen molar-refractivity contribution >= 4 is 65.6 Å². The van der Waals surface area contributed by atoms with Crippen LogP contribution < -0.4 is 9.80 Å². The van der Waals surface area contributed by atoms with Gasteiger partial charge < -0.3 is 9.80 Å². The van der Waals surface area contributed by atoms with Gasteiger partial charge in [-0.15, -0.1) is 11.3 Å². The molecule has 0 saturated heterocycles. The van der Waals surface area contributed by atoms with E-state index >= 15 is 0 Å². The van der Waals surface area contributed by atoms with Crippen molar-refractivity contribution in [2.24, 2.45) is 0 Å². The van der Waals surface area contributed by atoms with E-state index in [1.165, 1.54) is 92.9 Å². The second-order valence-electron chi connectivity index (χ2n) is 16.8. The summed E-state index contributed by atoms with van der Waals surface area (Å²) in [6.07, 6.45) is 0. The third-order valence-electron chi connectivity index (χ3n) is 13.5. The van der Waals surface area contributed by atoms with Crippen LogP contribution in [0.25, 0.3) is 53.6 Å². The van der Waals surface area contributed by atoms with E-state index in [0.717, 1.165) is 17.1 Å². The van der Waals surface area contributed by atoms with E-state index < -0.39 is 5.41 Å². The zero-order valence-electron chi connectivity index (χ0n) is 34.9. The first-order valence-electron chi connectivity index (χ1n) is 22.0. The lowest BCUT2D eigenvalue weighted by atomic mass is 9.64. The highest BCUT2D eigenvalue weighted by atomic mass is 32.1. The third kappa shape index (κ3) is 5.38. The molecule has 2 nitrogen and oxygen atoms in total. The first-order chi connectivity index (χ1) is 31.8. The van der Waals surface area contributed by atoms with E-state index in [-0.39, 0.29) is 0 Å². The Morgan fingerprint density at radius 3 is 1.58 bits per heavy atom. The van der Waals surface area contributed by atoms with E-state index in [2.05, 4.69) is 252 Å². The Balaban J connectivity index is 1.01. The van der Waals surface area contributed by atoms with Crippen molar-refractivity contribution in [1.82, 2.24) is 0 Å². The van der Waals surface area contributed by atoms with Crippen LogP contribution in [0.15, 0.2) is 243 Å². The van der Waals surface area contributed by atoms with Crippen LogP contribution in [-0.4, -0.2) is 0 Å². The zero-order chi connectivity index (χ0) is 42.2. The highest BCUT2D eigenvalue weighted by Gasteiger charge is 2.51. The van der Waals surface area contributed by atoms with Gasteiger partial charge in [0, 0.05) is 32.5 Å². The zero-order valence-corrected chi connectivity index (χ0v) is 35.7. The Morgan fingerprint density at radius 2 is 0.859 bits per heavy atom. The maximum Gasteiger partial charge on any atom is 0.0754 e. The Morgan fingerprint density at radius 1 is 0.344 bits per heavy atom. The van der Waals surface area contributed by atoms with Gasteiger partial charge in [0.25, 0.3) is 0 Å². The number of para-hydroxylation sites is 4. The maximum atomic E-state index is 2.52. The average Bonchev–Trinajstić information content (AvgIpc) is 3.90. The van der Waals surface area contributed by atoms with Crippen molar-refractivity contribution in [3.63, 3.8) is 0 Å². The molecule has 0 amide bonds. The van der Waals surface area contributed by atoms with Gasteiger partial charge in [-0.1, -0.05) is 182 Å². The quantitative estimate of drug-likeness (QED) is 0.165. The average molecular weight is 833 g/mol. The summed E-state index contributed by atoms with van der Waals surface area (Å²) in [5, 5.41) is 2.54. The van der Waals surface area contributed by atoms with Crippen molar-refractivity contribution in [2.45, 2.75) is 5.41 Å². The second kappa shape index (κ2) is 14.6. The Hall–Kier alpha value is -7.98. The van der Waals surface area contributed by atoms with Crippen molar-refractivity contribution in [1.29, 1.82) is 0 Å². The van der Waals surface area contributed by atoms with Crippen LogP contribution in [0.1, 0.15) is 22.3 Å². The van der Waals surface area contributed by atoms with Crippen molar-refractivity contribution in [3.05, 3.63) is 265 Å². The molecule has 64 heavy (non-hydrogen) atoms. The molecule has 2 heterocycles. The van der Waals surface area contributed by atoms with Crippen LogP contribution in [0, 0.1) is 0 Å². The van der Waals surface area contributed by atoms with Gasteiger partial charge in [-0.05, 0) is 116 Å². The van der Waals surface area contributed by atoms with E-state index in [1.807, 2.05) is 11.3 Å². The highest BCUT2D eigenvalue weighted by molar-refractivity contribution is 7.27. The summed E-state index contributed by atoms with van der Waals surface area (Å²) < 4.78 is 2.56. The molecule has 0 atom stereocenters. The Bertz CT molecular complexity index is 3510. The van der Waals surface area contributed by atoms with Gasteiger partial charge in [0.05, 0.1) is 27.2 Å². The first kappa shape index (κ1) is 36.7. The largest absolute Gasteiger partial charge is 0.310 e. The van der Waals surface area contributed by atoms with Crippen molar-refractivity contribution in [2.75, 3.05) is 9.80 Å². The molecule has 1 spiro atoms. The fourth-order valence-corrected chi connectivity index (χ4v) is 12.1. The molecule has 0 radical (unpaired) electrons. The van der Waals surface area contributed by atoms with Crippen LogP contribution in [0.5, 0.6) is 0 Å². The molecular formula is C61H40N2S. The molecule has 0 fully saturated rings. The Kier molecular flexibility index (Phi) is 8.34. The van der Waals surface area contributed by atoms with E-state index in [1.54, 1.807) is 0 Å². The topological polar surface area (TPSA) is 6.48 Å². The molecule has 1 aliphatic heterocycles. The van der Waals surface area contributed by atoms with Crippen LogP contribution in [0.2, 0.25) is 0 Å². The third-order valence-corrected chi connectivity index (χ3v) is 14.7. The van der Waals surface area contributed by atoms with Gasteiger partial charge in [0.1, 0.15) is 0 Å². The molecule has 2 aliphatic rings. The Labute approximate surface area is 377 Å². The summed E-state index contributed by atoms with van der Waals surface area (Å²) in [5.41, 5.74) is 19.2. The predicted octanol–water partition coefficient (Wildman–Crippen LogP) is 17.0. The van der Waals surface area contributed by atoms with Gasteiger partial charge in [-0.3, -0.25) is 0 Å². The predicted molar refractivity (Wildman–Crippen MR) is 270 cm³/mol. The number of hydrogen-bond acceptors (Lipinski definition) is 3. The molecule has 10 aromatic carbocycles. The summed E-state index contributed by atoms with van der Waals surface area (Å²) in [5.74, 6) is 0. The van der Waals surface area contributed by atoms with Crippen LogP contribution in [0.4, 0.5) is 34.1 Å². The van der Waals surface area contributed by atoms with Gasteiger partial charge >= 0.3 is 0 Å². The first-order valence-corrected chi connectivity index (χ1v) is 22.8. The van der Waals surface area contributed by atoms with Gasteiger partial charge in [0.2, 0.25) is 0 Å². The second-order valence-corrected chi connectivity index (χ2v) is 17.8. The number of anilines is 6. The minimum Gasteiger partial charge on any atom is -0.310 e. The van der Waals surface area contributed by atoms with Crippen LogP contribution in [0.3, 0.4) is 0 Å². The molecule has 1 aliphatic carbocycles. The number of fused-ring (bicyclic) bond motifs is 12. The van der Waals surface area contributed by atoms with Crippen molar-refractivity contribution in [3.8, 4) is 33.4 Å². The molecule has 13 rings (SSSR count). The molecule has 300 valence electrons. The number of hydrogen-bond donors (Lipinski definition) is 0. The standard InChI is InChI=1S/C61H40N2S/c1-4-18-41(19-5-1)42-34-37-46(38-35-42)62(44-20-6-2-7-21-44)58-33-17-27-51-50-26-16-25-47(59(50)64-60(51)58)43-36-39-49-48-24-10-11-28-52(48)61(55(49)40-43)53-29-12-14-31-56(53)63(45-22-8-3-9-23-45)57-32-15-13-30-54(57)61/h1-40H. The molecule has 0 unspecified atom stereocenters.